The third kappa shape index (κ3) is 3.94. The van der Waals surface area contributed by atoms with Crippen LogP contribution < -0.4 is 0 Å². The van der Waals surface area contributed by atoms with Crippen LogP contribution in [0.5, 0.6) is 0 Å². The first-order valence-corrected chi connectivity index (χ1v) is 7.56. The van der Waals surface area contributed by atoms with Gasteiger partial charge in [0.05, 0.1) is 18.6 Å². The standard InChI is InChI=1S/C19H19F3O4/c1-5-7-8-12(6-2)16(11(3)23)19(25,18(24)26-4)17-14(21)9-13(20)10-15(17)22/h5-10,16,25H,1H2,2-4H3/b8-7-,12-6+. The van der Waals surface area contributed by atoms with E-state index in [2.05, 4.69) is 11.3 Å². The number of Topliss-reactive ketones (excluding diaryl/α,β-unsaturated/α-hetero) is 1. The molecular weight excluding hydrogens is 349 g/mol. The van der Waals surface area contributed by atoms with Crippen molar-refractivity contribution in [3.8, 4) is 0 Å². The number of allylic oxidation sites excluding steroid dienone is 4. The van der Waals surface area contributed by atoms with Crippen LogP contribution >= 0.6 is 0 Å². The summed E-state index contributed by atoms with van der Waals surface area (Å²) in [7, 11) is 0.888. The number of hydrogen-bond donors (Lipinski definition) is 1. The van der Waals surface area contributed by atoms with Gasteiger partial charge in [-0.25, -0.2) is 18.0 Å². The molecule has 0 amide bonds. The lowest BCUT2D eigenvalue weighted by Gasteiger charge is -2.33. The summed E-state index contributed by atoms with van der Waals surface area (Å²) in [5.41, 5.74) is -4.12. The predicted octanol–water partition coefficient (Wildman–Crippen LogP) is 3.36. The summed E-state index contributed by atoms with van der Waals surface area (Å²) in [5.74, 6) is -8.22. The van der Waals surface area contributed by atoms with Gasteiger partial charge in [-0.15, -0.1) is 0 Å². The number of methoxy groups -OCH3 is 1. The molecule has 2 atom stereocenters. The zero-order chi connectivity index (χ0) is 20.1. The Bertz CT molecular complexity index is 760. The molecular formula is C19H19F3O4. The smallest absolute Gasteiger partial charge is 0.343 e. The maximum Gasteiger partial charge on any atom is 0.343 e. The van der Waals surface area contributed by atoms with E-state index in [1.165, 1.54) is 31.2 Å². The Hall–Kier alpha value is -2.67. The van der Waals surface area contributed by atoms with Crippen LogP contribution in [-0.2, 0) is 19.9 Å². The fourth-order valence-corrected chi connectivity index (χ4v) is 2.73. The number of esters is 1. The van der Waals surface area contributed by atoms with Crippen LogP contribution in [0.1, 0.15) is 19.4 Å². The van der Waals surface area contributed by atoms with Gasteiger partial charge in [-0.05, 0) is 19.4 Å². The molecule has 1 N–H and O–H groups in total. The molecule has 0 radical (unpaired) electrons. The Morgan fingerprint density at radius 1 is 1.27 bits per heavy atom. The van der Waals surface area contributed by atoms with Crippen molar-refractivity contribution in [3.63, 3.8) is 0 Å². The first kappa shape index (κ1) is 21.4. The molecule has 0 aromatic heterocycles. The van der Waals surface area contributed by atoms with Crippen LogP contribution in [0.25, 0.3) is 0 Å². The molecule has 0 saturated carbocycles. The van der Waals surface area contributed by atoms with Gasteiger partial charge in [0.1, 0.15) is 23.2 Å². The Balaban J connectivity index is 3.87. The number of carbonyl (C=O) groups excluding carboxylic acids is 2. The van der Waals surface area contributed by atoms with Gasteiger partial charge in [-0.2, -0.15) is 0 Å². The van der Waals surface area contributed by atoms with E-state index in [-0.39, 0.29) is 5.57 Å². The quantitative estimate of drug-likeness (QED) is 0.592. The van der Waals surface area contributed by atoms with Crippen molar-refractivity contribution in [1.82, 2.24) is 0 Å². The number of carbonyl (C=O) groups is 2. The molecule has 0 spiro atoms. The highest BCUT2D eigenvalue weighted by atomic mass is 19.1. The van der Waals surface area contributed by atoms with E-state index >= 15 is 0 Å². The Kier molecular flexibility index (Phi) is 7.09. The minimum atomic E-state index is -3.05. The van der Waals surface area contributed by atoms with Crippen LogP contribution in [0.15, 0.2) is 48.6 Å². The average molecular weight is 368 g/mol. The lowest BCUT2D eigenvalue weighted by atomic mass is 9.74. The maximum absolute atomic E-state index is 14.3. The van der Waals surface area contributed by atoms with Gasteiger partial charge in [-0.3, -0.25) is 4.79 Å². The third-order valence-corrected chi connectivity index (χ3v) is 3.80. The molecule has 26 heavy (non-hydrogen) atoms. The average Bonchev–Trinajstić information content (AvgIpc) is 2.55. The monoisotopic (exact) mass is 368 g/mol. The van der Waals surface area contributed by atoms with E-state index in [0.29, 0.717) is 12.1 Å². The summed E-state index contributed by atoms with van der Waals surface area (Å²) >= 11 is 0. The topological polar surface area (TPSA) is 63.6 Å². The molecule has 0 saturated heterocycles. The number of aliphatic hydroxyl groups is 1. The van der Waals surface area contributed by atoms with Gasteiger partial charge < -0.3 is 9.84 Å². The van der Waals surface area contributed by atoms with E-state index in [0.717, 1.165) is 14.0 Å². The van der Waals surface area contributed by atoms with Gasteiger partial charge in [0, 0.05) is 12.1 Å². The largest absolute Gasteiger partial charge is 0.467 e. The predicted molar refractivity (Wildman–Crippen MR) is 89.5 cm³/mol. The first-order chi connectivity index (χ1) is 12.1. The van der Waals surface area contributed by atoms with Gasteiger partial charge >= 0.3 is 5.97 Å². The van der Waals surface area contributed by atoms with Gasteiger partial charge in [0.15, 0.2) is 0 Å². The zero-order valence-electron chi connectivity index (χ0n) is 14.6. The van der Waals surface area contributed by atoms with E-state index in [4.69, 9.17) is 0 Å². The summed E-state index contributed by atoms with van der Waals surface area (Å²) in [6.07, 6.45) is 5.53. The normalized spacial score (nSPS) is 15.4. The van der Waals surface area contributed by atoms with E-state index < -0.39 is 46.3 Å². The van der Waals surface area contributed by atoms with Crippen molar-refractivity contribution < 1.29 is 32.6 Å². The lowest BCUT2D eigenvalue weighted by Crippen LogP contribution is -2.48. The van der Waals surface area contributed by atoms with Crippen molar-refractivity contribution in [2.75, 3.05) is 7.11 Å². The fourth-order valence-electron chi connectivity index (χ4n) is 2.73. The second kappa shape index (κ2) is 8.62. The SMILES string of the molecule is C=C/C=C\C(=C/C)C(C(C)=O)C(O)(C(=O)OC)c1c(F)cc(F)cc1F. The van der Waals surface area contributed by atoms with E-state index in [9.17, 15) is 27.9 Å². The van der Waals surface area contributed by atoms with Gasteiger partial charge in [0.2, 0.25) is 5.60 Å². The number of ketones is 1. The summed E-state index contributed by atoms with van der Waals surface area (Å²) in [4.78, 5) is 24.6. The van der Waals surface area contributed by atoms with Crippen molar-refractivity contribution in [2.45, 2.75) is 19.4 Å². The third-order valence-electron chi connectivity index (χ3n) is 3.80. The first-order valence-electron chi connectivity index (χ1n) is 7.56. The van der Waals surface area contributed by atoms with E-state index in [1.54, 1.807) is 0 Å². The van der Waals surface area contributed by atoms with E-state index in [1.807, 2.05) is 0 Å². The Labute approximate surface area is 149 Å². The number of halogens is 3. The summed E-state index contributed by atoms with van der Waals surface area (Å²) in [6, 6.07) is 0.608. The van der Waals surface area contributed by atoms with Crippen LogP contribution in [0.3, 0.4) is 0 Å². The molecule has 0 aliphatic rings. The summed E-state index contributed by atoms with van der Waals surface area (Å²) in [6.45, 7) is 6.02. The second-order valence-electron chi connectivity index (χ2n) is 5.43. The number of benzene rings is 1. The second-order valence-corrected chi connectivity index (χ2v) is 5.43. The maximum atomic E-state index is 14.3. The molecule has 7 heteroatoms. The molecule has 0 bridgehead atoms. The minimum Gasteiger partial charge on any atom is -0.467 e. The molecule has 1 rings (SSSR count). The highest BCUT2D eigenvalue weighted by Gasteiger charge is 2.53. The molecule has 0 fully saturated rings. The van der Waals surface area contributed by atoms with Crippen molar-refractivity contribution in [3.05, 3.63) is 71.6 Å². The number of rotatable bonds is 7. The Morgan fingerprint density at radius 2 is 1.81 bits per heavy atom. The van der Waals surface area contributed by atoms with Gasteiger partial charge in [0.25, 0.3) is 0 Å². The zero-order valence-corrected chi connectivity index (χ0v) is 14.6. The molecule has 1 aromatic carbocycles. The molecule has 1 aromatic rings. The van der Waals surface area contributed by atoms with Crippen LogP contribution in [0.4, 0.5) is 13.2 Å². The number of hydrogen-bond acceptors (Lipinski definition) is 4. The molecule has 0 heterocycles. The molecule has 0 aliphatic carbocycles. The lowest BCUT2D eigenvalue weighted by molar-refractivity contribution is -0.171. The highest BCUT2D eigenvalue weighted by molar-refractivity contribution is 5.93. The summed E-state index contributed by atoms with van der Waals surface area (Å²) in [5, 5.41) is 11.0. The van der Waals surface area contributed by atoms with Gasteiger partial charge in [-0.1, -0.05) is 30.9 Å². The summed E-state index contributed by atoms with van der Waals surface area (Å²) < 4.78 is 46.4. The molecule has 140 valence electrons. The Morgan fingerprint density at radius 3 is 2.19 bits per heavy atom. The van der Waals surface area contributed by atoms with Crippen molar-refractivity contribution in [2.24, 2.45) is 5.92 Å². The van der Waals surface area contributed by atoms with Crippen molar-refractivity contribution in [1.29, 1.82) is 0 Å². The van der Waals surface area contributed by atoms with Crippen LogP contribution in [0, 0.1) is 23.4 Å². The van der Waals surface area contributed by atoms with Crippen molar-refractivity contribution >= 4 is 11.8 Å². The molecule has 0 aliphatic heterocycles. The van der Waals surface area contributed by atoms with Crippen LogP contribution in [0.2, 0.25) is 0 Å². The molecule has 4 nitrogen and oxygen atoms in total. The van der Waals surface area contributed by atoms with Crippen LogP contribution in [-0.4, -0.2) is 24.0 Å². The highest BCUT2D eigenvalue weighted by Crippen LogP contribution is 2.40. The minimum absolute atomic E-state index is 0.0911. The molecule has 2 unspecified atom stereocenters. The number of ether oxygens (including phenoxy) is 1. The fraction of sp³-hybridized carbons (Fsp3) is 0.263.